The van der Waals surface area contributed by atoms with Gasteiger partial charge in [-0.15, -0.1) is 0 Å². The van der Waals surface area contributed by atoms with Gasteiger partial charge in [0.05, 0.1) is 33.8 Å². The second-order valence-corrected chi connectivity index (χ2v) is 15.8. The summed E-state index contributed by atoms with van der Waals surface area (Å²) in [4.78, 5) is 2.43. The van der Waals surface area contributed by atoms with Gasteiger partial charge in [0.1, 0.15) is 0 Å². The molecule has 0 spiro atoms. The predicted molar refractivity (Wildman–Crippen MR) is 248 cm³/mol. The zero-order valence-corrected chi connectivity index (χ0v) is 32.6. The molecule has 0 aliphatic carbocycles. The Morgan fingerprint density at radius 3 is 1.76 bits per heavy atom. The molecule has 9 aromatic carbocycles. The van der Waals surface area contributed by atoms with Crippen LogP contribution in [0.3, 0.4) is 0 Å². The lowest BCUT2D eigenvalue weighted by Gasteiger charge is -2.33. The zero-order chi connectivity index (χ0) is 39.0. The van der Waals surface area contributed by atoms with Crippen molar-refractivity contribution >= 4 is 66.2 Å². The quantitative estimate of drug-likeness (QED) is 0.171. The van der Waals surface area contributed by atoms with Gasteiger partial charge in [-0.1, -0.05) is 146 Å². The molecule has 1 unspecified atom stereocenters. The van der Waals surface area contributed by atoms with Gasteiger partial charge in [-0.05, 0) is 105 Å². The molecule has 1 aliphatic heterocycles. The van der Waals surface area contributed by atoms with Crippen LogP contribution in [0.25, 0.3) is 88.7 Å². The number of benzene rings is 9. The molecule has 11 aromatic rings. The fourth-order valence-electron chi connectivity index (χ4n) is 9.82. The van der Waals surface area contributed by atoms with Crippen molar-refractivity contribution in [3.05, 3.63) is 228 Å². The van der Waals surface area contributed by atoms with Crippen molar-refractivity contribution in [3.8, 4) is 22.5 Å². The number of aromatic nitrogens is 2. The van der Waals surface area contributed by atoms with Crippen LogP contribution in [0.5, 0.6) is 0 Å². The summed E-state index contributed by atoms with van der Waals surface area (Å²) in [6.45, 7) is 0. The van der Waals surface area contributed by atoms with Crippen molar-refractivity contribution in [2.24, 2.45) is 0 Å². The molecule has 0 bridgehead atoms. The van der Waals surface area contributed by atoms with Gasteiger partial charge in [0, 0.05) is 45.2 Å². The lowest BCUT2D eigenvalue weighted by atomic mass is 9.96. The number of hydrogen-bond acceptors (Lipinski definition) is 1. The Hall–Kier alpha value is -7.62. The molecule has 0 saturated carbocycles. The van der Waals surface area contributed by atoms with Crippen LogP contribution >= 0.6 is 0 Å². The van der Waals surface area contributed by atoms with Crippen molar-refractivity contribution in [3.63, 3.8) is 0 Å². The highest BCUT2D eigenvalue weighted by Crippen LogP contribution is 2.41. The molecule has 1 atom stereocenters. The lowest BCUT2D eigenvalue weighted by molar-refractivity contribution is 0.426. The number of rotatable bonds is 5. The van der Waals surface area contributed by atoms with E-state index in [-0.39, 0.29) is 6.04 Å². The first-order valence-electron chi connectivity index (χ1n) is 20.4. The summed E-state index contributed by atoms with van der Waals surface area (Å²) in [6.07, 6.45) is 2.40. The molecule has 0 amide bonds. The van der Waals surface area contributed by atoms with Crippen LogP contribution in [-0.2, 0) is 0 Å². The highest BCUT2D eigenvalue weighted by molar-refractivity contribution is 6.22. The monoisotopic (exact) mass is 753 g/mol. The molecule has 3 heterocycles. The fourth-order valence-corrected chi connectivity index (χ4v) is 9.82. The number of fused-ring (bicyclic) bond motifs is 9. The first-order valence-corrected chi connectivity index (χ1v) is 20.4. The first-order chi connectivity index (χ1) is 29.2. The summed E-state index contributed by atoms with van der Waals surface area (Å²) in [6, 6.07) is 75.7. The van der Waals surface area contributed by atoms with Crippen molar-refractivity contribution in [1.82, 2.24) is 14.0 Å². The molecule has 278 valence electrons. The standard InChI is InChI=1S/C56H39N3/c1-57-54(36-42-17-9-11-21-46(42)56(57)39-15-4-2-5-16-39)38-24-29-44(30-25-38)59-52-32-28-41(35-49(52)55-45-20-10-8-14-37(45)26-33-53(55)59)40-27-31-51-48(34-40)47-22-12-13-23-50(47)58(51)43-18-6-3-7-19-43/h2-36,54H,1H3. The largest absolute Gasteiger partial charge is 0.363 e. The second kappa shape index (κ2) is 13.2. The zero-order valence-electron chi connectivity index (χ0n) is 32.6. The van der Waals surface area contributed by atoms with Crippen LogP contribution in [0.1, 0.15) is 17.2 Å². The summed E-state index contributed by atoms with van der Waals surface area (Å²) in [5.74, 6) is 0. The van der Waals surface area contributed by atoms with Crippen LogP contribution in [-0.4, -0.2) is 21.1 Å². The average Bonchev–Trinajstić information content (AvgIpc) is 3.82. The van der Waals surface area contributed by atoms with Crippen LogP contribution in [0.15, 0.2) is 206 Å². The summed E-state index contributed by atoms with van der Waals surface area (Å²) >= 11 is 0. The maximum absolute atomic E-state index is 2.45. The van der Waals surface area contributed by atoms with Crippen molar-refractivity contribution in [2.45, 2.75) is 6.04 Å². The van der Waals surface area contributed by atoms with E-state index < -0.39 is 0 Å². The normalized spacial score (nSPS) is 14.1. The van der Waals surface area contributed by atoms with E-state index in [9.17, 15) is 0 Å². The van der Waals surface area contributed by atoms with E-state index >= 15 is 0 Å². The van der Waals surface area contributed by atoms with Gasteiger partial charge >= 0.3 is 0 Å². The molecule has 2 aromatic heterocycles. The molecule has 0 saturated heterocycles. The molecule has 0 fully saturated rings. The van der Waals surface area contributed by atoms with Crippen LogP contribution in [0.2, 0.25) is 0 Å². The lowest BCUT2D eigenvalue weighted by Crippen LogP contribution is -2.40. The van der Waals surface area contributed by atoms with Gasteiger partial charge in [-0.2, -0.15) is 0 Å². The Bertz CT molecular complexity index is 3560. The van der Waals surface area contributed by atoms with E-state index in [1.807, 2.05) is 0 Å². The Labute approximate surface area is 342 Å². The third-order valence-electron chi connectivity index (χ3n) is 12.5. The van der Waals surface area contributed by atoms with Crippen LogP contribution in [0.4, 0.5) is 0 Å². The molecular weight excluding hydrogens is 715 g/mol. The maximum atomic E-state index is 2.45. The Balaban J connectivity index is 1.00. The van der Waals surface area contributed by atoms with E-state index in [0.29, 0.717) is 0 Å². The molecule has 1 aliphatic rings. The summed E-state index contributed by atoms with van der Waals surface area (Å²) < 4.78 is 4.83. The Kier molecular flexibility index (Phi) is 7.51. The fraction of sp³-hybridized carbons (Fsp3) is 0.0357. The number of nitrogens with zero attached hydrogens (tertiary/aromatic N) is 3. The molecule has 59 heavy (non-hydrogen) atoms. The topological polar surface area (TPSA) is 13.1 Å². The third kappa shape index (κ3) is 5.21. The Morgan fingerprint density at radius 1 is 0.390 bits per heavy atom. The number of hydrogen-bond donors (Lipinski definition) is 0. The molecule has 0 N–H and O–H groups in total. The minimum atomic E-state index is 0.0952. The predicted octanol–water partition coefficient (Wildman–Crippen LogP) is 12.3. The van der Waals surface area contributed by atoms with E-state index in [2.05, 4.69) is 233 Å². The van der Waals surface area contributed by atoms with Gasteiger partial charge in [-0.25, -0.2) is 0 Å². The minimum Gasteiger partial charge on any atom is -0.363 e. The minimum absolute atomic E-state index is 0.0952. The van der Waals surface area contributed by atoms with E-state index in [0.717, 1.165) is 5.69 Å². The first kappa shape index (κ1) is 33.5. The smallest absolute Gasteiger partial charge is 0.0732 e. The average molecular weight is 754 g/mol. The van der Waals surface area contributed by atoms with E-state index in [1.165, 1.54) is 98.5 Å². The molecular formula is C56H39N3. The van der Waals surface area contributed by atoms with Gasteiger partial charge in [-0.3, -0.25) is 0 Å². The summed E-state index contributed by atoms with van der Waals surface area (Å²) in [5.41, 5.74) is 13.3. The van der Waals surface area contributed by atoms with Crippen molar-refractivity contribution < 1.29 is 0 Å². The SMILES string of the molecule is CN1C(c2ccccc2)=c2ccccc2=CC1c1ccc(-n2c3ccc(-c4ccc5c(c4)c4ccccc4n5-c4ccccc4)cc3c3c4ccccc4ccc32)cc1. The van der Waals surface area contributed by atoms with Gasteiger partial charge in [0.25, 0.3) is 0 Å². The third-order valence-corrected chi connectivity index (χ3v) is 12.5. The molecule has 3 heteroatoms. The van der Waals surface area contributed by atoms with Crippen molar-refractivity contribution in [2.75, 3.05) is 7.05 Å². The summed E-state index contributed by atoms with van der Waals surface area (Å²) in [5, 5.41) is 10.1. The van der Waals surface area contributed by atoms with Crippen molar-refractivity contribution in [1.29, 1.82) is 0 Å². The molecule has 0 radical (unpaired) electrons. The van der Waals surface area contributed by atoms with Crippen LogP contribution < -0.4 is 10.4 Å². The number of para-hydroxylation sites is 2. The maximum Gasteiger partial charge on any atom is 0.0732 e. The van der Waals surface area contributed by atoms with E-state index in [1.54, 1.807) is 0 Å². The molecule has 3 nitrogen and oxygen atoms in total. The summed E-state index contributed by atoms with van der Waals surface area (Å²) in [7, 11) is 2.22. The van der Waals surface area contributed by atoms with Crippen LogP contribution in [0, 0.1) is 0 Å². The highest BCUT2D eigenvalue weighted by atomic mass is 15.1. The Morgan fingerprint density at radius 2 is 0.966 bits per heavy atom. The highest BCUT2D eigenvalue weighted by Gasteiger charge is 2.23. The molecule has 12 rings (SSSR count). The van der Waals surface area contributed by atoms with E-state index in [4.69, 9.17) is 0 Å². The van der Waals surface area contributed by atoms with Gasteiger partial charge in [0.2, 0.25) is 0 Å². The van der Waals surface area contributed by atoms with Gasteiger partial charge in [0.15, 0.2) is 0 Å². The van der Waals surface area contributed by atoms with Gasteiger partial charge < -0.3 is 14.0 Å². The second-order valence-electron chi connectivity index (χ2n) is 15.8.